The molecule has 3 N–H and O–H groups in total. The molecule has 2 rings (SSSR count). The van der Waals surface area contributed by atoms with Crippen molar-refractivity contribution >= 4 is 27.1 Å². The van der Waals surface area contributed by atoms with Crippen LogP contribution in [0, 0.1) is 5.82 Å². The lowest BCUT2D eigenvalue weighted by atomic mass is 10.2. The zero-order valence-electron chi connectivity index (χ0n) is 8.16. The van der Waals surface area contributed by atoms with Crippen molar-refractivity contribution in [2.45, 2.75) is 11.3 Å². The summed E-state index contributed by atoms with van der Waals surface area (Å²) in [6, 6.07) is 1.96. The Morgan fingerprint density at radius 2 is 2.06 bits per heavy atom. The summed E-state index contributed by atoms with van der Waals surface area (Å²) in [4.78, 5) is 11.0. The second-order valence-electron chi connectivity index (χ2n) is 3.49. The standard InChI is InChI=1S/C9H9FN2O3S/c10-5-3-8-7(4-6(5)11)12-9(13)1-2-16(8,14)15/h3-4H,1-2,11H2,(H,12,13). The van der Waals surface area contributed by atoms with Crippen molar-refractivity contribution in [1.29, 1.82) is 0 Å². The van der Waals surface area contributed by atoms with Gasteiger partial charge in [0.15, 0.2) is 9.84 Å². The highest BCUT2D eigenvalue weighted by Crippen LogP contribution is 2.29. The molecule has 0 atom stereocenters. The van der Waals surface area contributed by atoms with Crippen LogP contribution in [0.2, 0.25) is 0 Å². The van der Waals surface area contributed by atoms with E-state index in [4.69, 9.17) is 5.73 Å². The van der Waals surface area contributed by atoms with Gasteiger partial charge in [0.2, 0.25) is 5.91 Å². The molecule has 0 fully saturated rings. The highest BCUT2D eigenvalue weighted by Gasteiger charge is 2.26. The normalized spacial score (nSPS) is 18.4. The van der Waals surface area contributed by atoms with Crippen molar-refractivity contribution in [2.24, 2.45) is 0 Å². The third-order valence-corrected chi connectivity index (χ3v) is 4.06. The van der Waals surface area contributed by atoms with Crippen LogP contribution in [0.25, 0.3) is 0 Å². The van der Waals surface area contributed by atoms with Crippen LogP contribution in [-0.2, 0) is 14.6 Å². The van der Waals surface area contributed by atoms with Gasteiger partial charge in [0.25, 0.3) is 0 Å². The number of fused-ring (bicyclic) bond motifs is 1. The van der Waals surface area contributed by atoms with E-state index in [-0.39, 0.29) is 28.4 Å². The van der Waals surface area contributed by atoms with Crippen molar-refractivity contribution < 1.29 is 17.6 Å². The van der Waals surface area contributed by atoms with Gasteiger partial charge in [0.05, 0.1) is 22.0 Å². The SMILES string of the molecule is Nc1cc2c(cc1F)S(=O)(=O)CCC(=O)N2. The molecule has 0 aliphatic carbocycles. The summed E-state index contributed by atoms with van der Waals surface area (Å²) in [6.07, 6.45) is -0.140. The molecule has 1 amide bonds. The molecule has 0 aromatic heterocycles. The van der Waals surface area contributed by atoms with Crippen LogP contribution in [0.3, 0.4) is 0 Å². The van der Waals surface area contributed by atoms with Crippen molar-refractivity contribution in [2.75, 3.05) is 16.8 Å². The van der Waals surface area contributed by atoms with Gasteiger partial charge in [-0.2, -0.15) is 0 Å². The second kappa shape index (κ2) is 3.44. The van der Waals surface area contributed by atoms with Gasteiger partial charge in [-0.25, -0.2) is 12.8 Å². The number of rotatable bonds is 0. The fourth-order valence-corrected chi connectivity index (χ4v) is 2.88. The van der Waals surface area contributed by atoms with Crippen LogP contribution in [0.4, 0.5) is 15.8 Å². The highest BCUT2D eigenvalue weighted by atomic mass is 32.2. The van der Waals surface area contributed by atoms with Crippen molar-refractivity contribution in [1.82, 2.24) is 0 Å². The van der Waals surface area contributed by atoms with Crippen molar-refractivity contribution in [3.05, 3.63) is 17.9 Å². The first-order valence-corrected chi connectivity index (χ1v) is 6.17. The summed E-state index contributed by atoms with van der Waals surface area (Å²) in [7, 11) is -3.63. The van der Waals surface area contributed by atoms with Crippen LogP contribution >= 0.6 is 0 Å². The van der Waals surface area contributed by atoms with Crippen LogP contribution in [-0.4, -0.2) is 20.1 Å². The summed E-state index contributed by atoms with van der Waals surface area (Å²) in [5.74, 6) is -1.55. The molecular formula is C9H9FN2O3S. The Bertz CT molecular complexity index is 568. The van der Waals surface area contributed by atoms with E-state index < -0.39 is 21.6 Å². The first kappa shape index (κ1) is 10.9. The van der Waals surface area contributed by atoms with E-state index in [1.54, 1.807) is 0 Å². The summed E-state index contributed by atoms with van der Waals surface area (Å²) < 4.78 is 36.6. The maximum atomic E-state index is 13.2. The lowest BCUT2D eigenvalue weighted by molar-refractivity contribution is -0.115. The number of nitrogen functional groups attached to an aromatic ring is 1. The van der Waals surface area contributed by atoms with Gasteiger partial charge < -0.3 is 11.1 Å². The molecular weight excluding hydrogens is 235 g/mol. The first-order valence-electron chi connectivity index (χ1n) is 4.52. The number of carbonyl (C=O) groups is 1. The molecule has 0 saturated heterocycles. The Balaban J connectivity index is 2.71. The first-order chi connectivity index (χ1) is 7.40. The third-order valence-electron chi connectivity index (χ3n) is 2.31. The fourth-order valence-electron chi connectivity index (χ4n) is 1.48. The molecule has 7 heteroatoms. The zero-order valence-corrected chi connectivity index (χ0v) is 8.97. The average Bonchev–Trinajstić information content (AvgIpc) is 2.29. The minimum Gasteiger partial charge on any atom is -0.396 e. The molecule has 86 valence electrons. The molecule has 1 heterocycles. The Labute approximate surface area is 91.4 Å². The van der Waals surface area contributed by atoms with Gasteiger partial charge in [-0.05, 0) is 12.1 Å². The predicted molar refractivity (Wildman–Crippen MR) is 56.1 cm³/mol. The van der Waals surface area contributed by atoms with E-state index in [1.807, 2.05) is 0 Å². The van der Waals surface area contributed by atoms with Crippen LogP contribution in [0.1, 0.15) is 6.42 Å². The van der Waals surface area contributed by atoms with Gasteiger partial charge in [-0.15, -0.1) is 0 Å². The van der Waals surface area contributed by atoms with E-state index in [9.17, 15) is 17.6 Å². The molecule has 0 bridgehead atoms. The number of anilines is 2. The molecule has 1 aliphatic rings. The van der Waals surface area contributed by atoms with E-state index in [0.29, 0.717) is 0 Å². The monoisotopic (exact) mass is 244 g/mol. The summed E-state index contributed by atoms with van der Waals surface area (Å²) in [6.45, 7) is 0. The predicted octanol–water partition coefficient (Wildman–Crippen LogP) is 0.524. The number of sulfone groups is 1. The van der Waals surface area contributed by atoms with E-state index in [2.05, 4.69) is 5.32 Å². The molecule has 0 unspecified atom stereocenters. The van der Waals surface area contributed by atoms with Crippen LogP contribution in [0.5, 0.6) is 0 Å². The average molecular weight is 244 g/mol. The maximum absolute atomic E-state index is 13.2. The van der Waals surface area contributed by atoms with Crippen LogP contribution < -0.4 is 11.1 Å². The molecule has 0 saturated carbocycles. The molecule has 0 spiro atoms. The minimum absolute atomic E-state index is 0.0430. The number of nitrogens with one attached hydrogen (secondary N) is 1. The van der Waals surface area contributed by atoms with Gasteiger partial charge in [-0.3, -0.25) is 4.79 Å². The highest BCUT2D eigenvalue weighted by molar-refractivity contribution is 7.91. The Kier molecular flexibility index (Phi) is 2.34. The third kappa shape index (κ3) is 1.73. The number of amides is 1. The van der Waals surface area contributed by atoms with E-state index >= 15 is 0 Å². The Morgan fingerprint density at radius 1 is 1.38 bits per heavy atom. The maximum Gasteiger partial charge on any atom is 0.225 e. The van der Waals surface area contributed by atoms with Crippen LogP contribution in [0.15, 0.2) is 17.0 Å². The largest absolute Gasteiger partial charge is 0.396 e. The Hall–Kier alpha value is -1.63. The van der Waals surface area contributed by atoms with Crippen molar-refractivity contribution in [3.8, 4) is 0 Å². The van der Waals surface area contributed by atoms with Gasteiger partial charge in [-0.1, -0.05) is 0 Å². The quantitative estimate of drug-likeness (QED) is 0.651. The molecule has 16 heavy (non-hydrogen) atoms. The summed E-state index contributed by atoms with van der Waals surface area (Å²) >= 11 is 0. The molecule has 0 radical (unpaired) electrons. The minimum atomic E-state index is -3.63. The number of nitrogens with two attached hydrogens (primary N) is 1. The number of hydrogen-bond donors (Lipinski definition) is 2. The molecule has 5 nitrogen and oxygen atoms in total. The number of halogens is 1. The number of carbonyl (C=O) groups excluding carboxylic acids is 1. The molecule has 1 aliphatic heterocycles. The number of benzene rings is 1. The fraction of sp³-hybridized carbons (Fsp3) is 0.222. The van der Waals surface area contributed by atoms with Gasteiger partial charge in [0, 0.05) is 6.42 Å². The lowest BCUT2D eigenvalue weighted by Gasteiger charge is -2.07. The molecule has 1 aromatic rings. The van der Waals surface area contributed by atoms with Crippen molar-refractivity contribution in [3.63, 3.8) is 0 Å². The zero-order chi connectivity index (χ0) is 11.9. The lowest BCUT2D eigenvalue weighted by Crippen LogP contribution is -2.11. The smallest absolute Gasteiger partial charge is 0.225 e. The van der Waals surface area contributed by atoms with Gasteiger partial charge in [0.1, 0.15) is 5.82 Å². The summed E-state index contributed by atoms with van der Waals surface area (Å²) in [5.41, 5.74) is 5.15. The molecule has 1 aromatic carbocycles. The Morgan fingerprint density at radius 3 is 2.75 bits per heavy atom. The van der Waals surface area contributed by atoms with E-state index in [1.165, 1.54) is 0 Å². The number of hydrogen-bond acceptors (Lipinski definition) is 4. The van der Waals surface area contributed by atoms with Gasteiger partial charge >= 0.3 is 0 Å². The topological polar surface area (TPSA) is 89.3 Å². The summed E-state index contributed by atoms with van der Waals surface area (Å²) in [5, 5.41) is 2.38. The van der Waals surface area contributed by atoms with E-state index in [0.717, 1.165) is 12.1 Å². The second-order valence-corrected chi connectivity index (χ2v) is 5.56.